The van der Waals surface area contributed by atoms with E-state index in [1.54, 1.807) is 18.2 Å². The molecular formula is C14H13BrN2O2. The lowest BCUT2D eigenvalue weighted by atomic mass is 10.2. The summed E-state index contributed by atoms with van der Waals surface area (Å²) in [4.78, 5) is 11.1. The highest BCUT2D eigenvalue weighted by atomic mass is 79.9. The fourth-order valence-corrected chi connectivity index (χ4v) is 2.05. The molecule has 2 rings (SSSR count). The summed E-state index contributed by atoms with van der Waals surface area (Å²) in [6, 6.07) is 12.5. The molecule has 0 spiro atoms. The minimum atomic E-state index is -0.507. The van der Waals surface area contributed by atoms with Gasteiger partial charge in [0.05, 0.1) is 5.69 Å². The Morgan fingerprint density at radius 2 is 2.00 bits per heavy atom. The van der Waals surface area contributed by atoms with Crippen LogP contribution in [0, 0.1) is 0 Å². The van der Waals surface area contributed by atoms with Crippen molar-refractivity contribution < 1.29 is 9.53 Å². The van der Waals surface area contributed by atoms with Crippen LogP contribution < -0.4 is 16.2 Å². The molecular weight excluding hydrogens is 308 g/mol. The van der Waals surface area contributed by atoms with Crippen molar-refractivity contribution in [3.63, 3.8) is 0 Å². The number of anilines is 1. The molecule has 0 heterocycles. The van der Waals surface area contributed by atoms with Crippen molar-refractivity contribution in [1.82, 2.24) is 0 Å². The number of hydrogen-bond donors (Lipinski definition) is 2. The molecule has 5 heteroatoms. The van der Waals surface area contributed by atoms with Crippen molar-refractivity contribution in [3.8, 4) is 5.75 Å². The minimum Gasteiger partial charge on any atom is -0.487 e. The smallest absolute Gasteiger partial charge is 0.248 e. The Balaban J connectivity index is 2.15. The first-order valence-corrected chi connectivity index (χ1v) is 6.42. The SMILES string of the molecule is NC(=O)c1ccc(N)c(OCc2cccc(Br)c2)c1. The second-order valence-corrected chi connectivity index (χ2v) is 4.95. The van der Waals surface area contributed by atoms with Gasteiger partial charge in [-0.3, -0.25) is 4.79 Å². The highest BCUT2D eigenvalue weighted by molar-refractivity contribution is 9.10. The topological polar surface area (TPSA) is 78.3 Å². The molecule has 0 bridgehead atoms. The van der Waals surface area contributed by atoms with Gasteiger partial charge in [0.1, 0.15) is 12.4 Å². The Kier molecular flexibility index (Phi) is 4.06. The number of carbonyl (C=O) groups excluding carboxylic acids is 1. The molecule has 1 amide bonds. The van der Waals surface area contributed by atoms with Crippen molar-refractivity contribution in [1.29, 1.82) is 0 Å². The number of ether oxygens (including phenoxy) is 1. The molecule has 19 heavy (non-hydrogen) atoms. The fraction of sp³-hybridized carbons (Fsp3) is 0.0714. The van der Waals surface area contributed by atoms with Gasteiger partial charge in [-0.1, -0.05) is 28.1 Å². The van der Waals surface area contributed by atoms with E-state index in [0.717, 1.165) is 10.0 Å². The van der Waals surface area contributed by atoms with E-state index in [0.29, 0.717) is 23.6 Å². The molecule has 0 saturated heterocycles. The third-order valence-electron chi connectivity index (χ3n) is 2.58. The normalized spacial score (nSPS) is 10.2. The van der Waals surface area contributed by atoms with Gasteiger partial charge < -0.3 is 16.2 Å². The highest BCUT2D eigenvalue weighted by Crippen LogP contribution is 2.24. The number of nitrogen functional groups attached to an aromatic ring is 1. The van der Waals surface area contributed by atoms with Gasteiger partial charge in [-0.05, 0) is 35.9 Å². The lowest BCUT2D eigenvalue weighted by molar-refractivity contribution is 0.1000. The predicted octanol–water partition coefficient (Wildman–Crippen LogP) is 2.71. The Morgan fingerprint density at radius 1 is 1.21 bits per heavy atom. The zero-order valence-electron chi connectivity index (χ0n) is 10.1. The van der Waals surface area contributed by atoms with Gasteiger partial charge in [0.15, 0.2) is 0 Å². The number of carbonyl (C=O) groups is 1. The van der Waals surface area contributed by atoms with Gasteiger partial charge in [0.2, 0.25) is 5.91 Å². The van der Waals surface area contributed by atoms with E-state index in [9.17, 15) is 4.79 Å². The maximum Gasteiger partial charge on any atom is 0.248 e. The van der Waals surface area contributed by atoms with Crippen molar-refractivity contribution in [2.45, 2.75) is 6.61 Å². The van der Waals surface area contributed by atoms with Crippen LogP contribution in [0.2, 0.25) is 0 Å². The van der Waals surface area contributed by atoms with Gasteiger partial charge in [-0.15, -0.1) is 0 Å². The number of amides is 1. The molecule has 0 aliphatic carbocycles. The first-order valence-electron chi connectivity index (χ1n) is 5.63. The number of halogens is 1. The van der Waals surface area contributed by atoms with Crippen LogP contribution in [-0.2, 0) is 6.61 Å². The molecule has 0 radical (unpaired) electrons. The summed E-state index contributed by atoms with van der Waals surface area (Å²) >= 11 is 3.39. The third-order valence-corrected chi connectivity index (χ3v) is 3.07. The Labute approximate surface area is 119 Å². The van der Waals surface area contributed by atoms with Crippen molar-refractivity contribution in [3.05, 3.63) is 58.1 Å². The largest absolute Gasteiger partial charge is 0.487 e. The van der Waals surface area contributed by atoms with Gasteiger partial charge in [-0.2, -0.15) is 0 Å². The molecule has 0 unspecified atom stereocenters. The number of rotatable bonds is 4. The second kappa shape index (κ2) is 5.75. The zero-order valence-corrected chi connectivity index (χ0v) is 11.7. The number of hydrogen-bond acceptors (Lipinski definition) is 3. The monoisotopic (exact) mass is 320 g/mol. The van der Waals surface area contributed by atoms with Crippen LogP contribution in [-0.4, -0.2) is 5.91 Å². The lowest BCUT2D eigenvalue weighted by Crippen LogP contribution is -2.11. The molecule has 0 saturated carbocycles. The summed E-state index contributed by atoms with van der Waals surface area (Å²) in [5, 5.41) is 0. The molecule has 0 aliphatic heterocycles. The van der Waals surface area contributed by atoms with E-state index in [4.69, 9.17) is 16.2 Å². The van der Waals surface area contributed by atoms with Crippen LogP contribution in [0.4, 0.5) is 5.69 Å². The minimum absolute atomic E-state index is 0.367. The van der Waals surface area contributed by atoms with Crippen LogP contribution in [0.3, 0.4) is 0 Å². The number of nitrogens with two attached hydrogens (primary N) is 2. The zero-order chi connectivity index (χ0) is 13.8. The second-order valence-electron chi connectivity index (χ2n) is 4.04. The Morgan fingerprint density at radius 3 is 2.68 bits per heavy atom. The molecule has 4 nitrogen and oxygen atoms in total. The van der Waals surface area contributed by atoms with E-state index in [-0.39, 0.29) is 0 Å². The third kappa shape index (κ3) is 3.48. The van der Waals surface area contributed by atoms with Crippen molar-refractivity contribution in [2.24, 2.45) is 5.73 Å². The van der Waals surface area contributed by atoms with E-state index >= 15 is 0 Å². The average molecular weight is 321 g/mol. The molecule has 2 aromatic rings. The molecule has 0 aliphatic rings. The van der Waals surface area contributed by atoms with Crippen LogP contribution in [0.15, 0.2) is 46.9 Å². The molecule has 0 atom stereocenters. The van der Waals surface area contributed by atoms with Crippen LogP contribution >= 0.6 is 15.9 Å². The first kappa shape index (κ1) is 13.4. The van der Waals surface area contributed by atoms with Gasteiger partial charge in [0, 0.05) is 10.0 Å². The fourth-order valence-electron chi connectivity index (χ4n) is 1.60. The van der Waals surface area contributed by atoms with Crippen LogP contribution in [0.1, 0.15) is 15.9 Å². The highest BCUT2D eigenvalue weighted by Gasteiger charge is 2.06. The molecule has 0 fully saturated rings. The molecule has 2 aromatic carbocycles. The average Bonchev–Trinajstić information content (AvgIpc) is 2.37. The van der Waals surface area contributed by atoms with Crippen LogP contribution in [0.5, 0.6) is 5.75 Å². The van der Waals surface area contributed by atoms with E-state index < -0.39 is 5.91 Å². The molecule has 0 aromatic heterocycles. The molecule has 4 N–H and O–H groups in total. The van der Waals surface area contributed by atoms with E-state index in [1.807, 2.05) is 24.3 Å². The summed E-state index contributed by atoms with van der Waals surface area (Å²) in [7, 11) is 0. The maximum absolute atomic E-state index is 11.1. The van der Waals surface area contributed by atoms with Gasteiger partial charge in [0.25, 0.3) is 0 Å². The van der Waals surface area contributed by atoms with E-state index in [2.05, 4.69) is 15.9 Å². The van der Waals surface area contributed by atoms with Crippen LogP contribution in [0.25, 0.3) is 0 Å². The van der Waals surface area contributed by atoms with Gasteiger partial charge in [-0.25, -0.2) is 0 Å². The summed E-state index contributed by atoms with van der Waals surface area (Å²) in [6.45, 7) is 0.367. The molecule has 98 valence electrons. The Hall–Kier alpha value is -2.01. The predicted molar refractivity (Wildman–Crippen MR) is 77.8 cm³/mol. The first-order chi connectivity index (χ1) is 9.06. The number of primary amides is 1. The Bertz CT molecular complexity index is 614. The quantitative estimate of drug-likeness (QED) is 0.850. The summed E-state index contributed by atoms with van der Waals surface area (Å²) < 4.78 is 6.59. The summed E-state index contributed by atoms with van der Waals surface area (Å²) in [6.07, 6.45) is 0. The standard InChI is InChI=1S/C14H13BrN2O2/c15-11-3-1-2-9(6-11)8-19-13-7-10(14(17)18)4-5-12(13)16/h1-7H,8,16H2,(H2,17,18). The van der Waals surface area contributed by atoms with Gasteiger partial charge >= 0.3 is 0 Å². The lowest BCUT2D eigenvalue weighted by Gasteiger charge is -2.10. The maximum atomic E-state index is 11.1. The summed E-state index contributed by atoms with van der Waals surface area (Å²) in [5.41, 5.74) is 12.9. The van der Waals surface area contributed by atoms with Crippen molar-refractivity contribution in [2.75, 3.05) is 5.73 Å². The summed E-state index contributed by atoms with van der Waals surface area (Å²) in [5.74, 6) is -0.0522. The van der Waals surface area contributed by atoms with E-state index in [1.165, 1.54) is 0 Å². The number of benzene rings is 2. The van der Waals surface area contributed by atoms with Crippen molar-refractivity contribution >= 4 is 27.5 Å².